The van der Waals surface area contributed by atoms with E-state index < -0.39 is 6.10 Å². The van der Waals surface area contributed by atoms with Crippen molar-refractivity contribution < 1.29 is 14.3 Å². The molecule has 0 saturated carbocycles. The van der Waals surface area contributed by atoms with Crippen LogP contribution < -0.4 is 15.4 Å². The molecule has 3 aromatic rings. The standard InChI is InChI=1S/C19H15Cl2N3O3S/c1-11(27-16-6-5-13(20)10-15(16)21)17(25)23-14-4-2-3-12(9-14)18(26)24-19-22-7-8-28-19/h2-11H,1H3,(H,23,25)(H,22,24,26)/t11-/m0/s1. The summed E-state index contributed by atoms with van der Waals surface area (Å²) in [5, 5.41) is 8.46. The van der Waals surface area contributed by atoms with E-state index in [1.807, 2.05) is 0 Å². The molecule has 2 N–H and O–H groups in total. The summed E-state index contributed by atoms with van der Waals surface area (Å²) in [6.45, 7) is 1.60. The number of ether oxygens (including phenoxy) is 1. The number of amides is 2. The van der Waals surface area contributed by atoms with Crippen LogP contribution in [0.25, 0.3) is 0 Å². The van der Waals surface area contributed by atoms with Crippen molar-refractivity contribution in [2.75, 3.05) is 10.6 Å². The van der Waals surface area contributed by atoms with Gasteiger partial charge in [-0.1, -0.05) is 29.3 Å². The van der Waals surface area contributed by atoms with Crippen LogP contribution in [0, 0.1) is 0 Å². The first kappa shape index (κ1) is 20.1. The second-order valence-corrected chi connectivity index (χ2v) is 7.43. The maximum absolute atomic E-state index is 12.4. The number of hydrogen-bond donors (Lipinski definition) is 2. The quantitative estimate of drug-likeness (QED) is 0.563. The highest BCUT2D eigenvalue weighted by Crippen LogP contribution is 2.28. The van der Waals surface area contributed by atoms with Crippen LogP contribution in [0.5, 0.6) is 5.75 Å². The lowest BCUT2D eigenvalue weighted by Gasteiger charge is -2.16. The molecule has 0 aliphatic heterocycles. The predicted octanol–water partition coefficient (Wildman–Crippen LogP) is 5.11. The van der Waals surface area contributed by atoms with Crippen molar-refractivity contribution in [3.8, 4) is 5.75 Å². The van der Waals surface area contributed by atoms with Gasteiger partial charge in [0.25, 0.3) is 11.8 Å². The van der Waals surface area contributed by atoms with Crippen LogP contribution in [0.2, 0.25) is 10.0 Å². The highest BCUT2D eigenvalue weighted by molar-refractivity contribution is 7.13. The molecule has 1 heterocycles. The molecule has 3 rings (SSSR count). The third-order valence-corrected chi connectivity index (χ3v) is 4.83. The van der Waals surface area contributed by atoms with Crippen LogP contribution in [-0.2, 0) is 4.79 Å². The highest BCUT2D eigenvalue weighted by Gasteiger charge is 2.17. The Morgan fingerprint density at radius 3 is 2.68 bits per heavy atom. The SMILES string of the molecule is C[C@H](Oc1ccc(Cl)cc1Cl)C(=O)Nc1cccc(C(=O)Nc2nccs2)c1. The van der Waals surface area contributed by atoms with Gasteiger partial charge in [0.2, 0.25) is 0 Å². The van der Waals surface area contributed by atoms with Crippen molar-refractivity contribution in [2.45, 2.75) is 13.0 Å². The lowest BCUT2D eigenvalue weighted by molar-refractivity contribution is -0.122. The average Bonchev–Trinajstić information content (AvgIpc) is 3.17. The summed E-state index contributed by atoms with van der Waals surface area (Å²) in [4.78, 5) is 28.7. The van der Waals surface area contributed by atoms with Gasteiger partial charge in [-0.25, -0.2) is 4.98 Å². The minimum absolute atomic E-state index is 0.313. The Bertz CT molecular complexity index is 996. The number of rotatable bonds is 6. The molecule has 144 valence electrons. The summed E-state index contributed by atoms with van der Waals surface area (Å²) < 4.78 is 5.59. The van der Waals surface area contributed by atoms with E-state index in [0.29, 0.717) is 32.2 Å². The number of halogens is 2. The molecule has 0 bridgehead atoms. The van der Waals surface area contributed by atoms with Crippen molar-refractivity contribution in [1.29, 1.82) is 0 Å². The molecule has 1 aromatic heterocycles. The van der Waals surface area contributed by atoms with Crippen LogP contribution in [0.15, 0.2) is 54.0 Å². The number of benzene rings is 2. The summed E-state index contributed by atoms with van der Waals surface area (Å²) in [6.07, 6.45) is 0.789. The summed E-state index contributed by atoms with van der Waals surface area (Å²) in [5.74, 6) is -0.350. The Morgan fingerprint density at radius 2 is 1.96 bits per heavy atom. The van der Waals surface area contributed by atoms with Gasteiger partial charge in [0, 0.05) is 27.9 Å². The van der Waals surface area contributed by atoms with Gasteiger partial charge in [-0.3, -0.25) is 14.9 Å². The summed E-state index contributed by atoms with van der Waals surface area (Å²) in [5.41, 5.74) is 0.858. The third kappa shape index (κ3) is 5.22. The van der Waals surface area contributed by atoms with Crippen LogP contribution in [-0.4, -0.2) is 22.9 Å². The number of aromatic nitrogens is 1. The molecule has 0 saturated heterocycles. The van der Waals surface area contributed by atoms with Crippen LogP contribution in [0.3, 0.4) is 0 Å². The van der Waals surface area contributed by atoms with Gasteiger partial charge < -0.3 is 10.1 Å². The fraction of sp³-hybridized carbons (Fsp3) is 0.105. The van der Waals surface area contributed by atoms with Gasteiger partial charge >= 0.3 is 0 Å². The molecule has 6 nitrogen and oxygen atoms in total. The van der Waals surface area contributed by atoms with E-state index in [2.05, 4.69) is 15.6 Å². The Kier molecular flexibility index (Phi) is 6.51. The van der Waals surface area contributed by atoms with Gasteiger partial charge in [0.1, 0.15) is 5.75 Å². The second kappa shape index (κ2) is 9.05. The number of hydrogen-bond acceptors (Lipinski definition) is 5. The van der Waals surface area contributed by atoms with Gasteiger partial charge in [0.15, 0.2) is 11.2 Å². The van der Waals surface area contributed by atoms with Crippen LogP contribution >= 0.6 is 34.5 Å². The molecule has 0 unspecified atom stereocenters. The third-order valence-electron chi connectivity index (χ3n) is 3.61. The summed E-state index contributed by atoms with van der Waals surface area (Å²) in [7, 11) is 0. The zero-order valence-corrected chi connectivity index (χ0v) is 16.9. The van der Waals surface area contributed by atoms with Crippen molar-refractivity contribution in [3.05, 3.63) is 69.7 Å². The molecule has 0 radical (unpaired) electrons. The molecule has 9 heteroatoms. The Labute approximate surface area is 175 Å². The number of thiazole rings is 1. The largest absolute Gasteiger partial charge is 0.479 e. The topological polar surface area (TPSA) is 80.3 Å². The van der Waals surface area contributed by atoms with Gasteiger partial charge in [-0.15, -0.1) is 11.3 Å². The molecule has 28 heavy (non-hydrogen) atoms. The molecule has 0 aliphatic carbocycles. The average molecular weight is 436 g/mol. The van der Waals surface area contributed by atoms with E-state index >= 15 is 0 Å². The molecule has 0 fully saturated rings. The zero-order chi connectivity index (χ0) is 20.1. The maximum Gasteiger partial charge on any atom is 0.265 e. The van der Waals surface area contributed by atoms with Gasteiger partial charge in [0.05, 0.1) is 5.02 Å². The molecular weight excluding hydrogens is 421 g/mol. The monoisotopic (exact) mass is 435 g/mol. The lowest BCUT2D eigenvalue weighted by atomic mass is 10.2. The van der Waals surface area contributed by atoms with Gasteiger partial charge in [-0.2, -0.15) is 0 Å². The highest BCUT2D eigenvalue weighted by atomic mass is 35.5. The van der Waals surface area contributed by atoms with Crippen LogP contribution in [0.1, 0.15) is 17.3 Å². The maximum atomic E-state index is 12.4. The van der Waals surface area contributed by atoms with Crippen molar-refractivity contribution in [2.24, 2.45) is 0 Å². The minimum Gasteiger partial charge on any atom is -0.479 e. The number of anilines is 2. The zero-order valence-electron chi connectivity index (χ0n) is 14.6. The lowest BCUT2D eigenvalue weighted by Crippen LogP contribution is -2.30. The number of nitrogens with zero attached hydrogens (tertiary/aromatic N) is 1. The molecular formula is C19H15Cl2N3O3S. The first-order valence-corrected chi connectivity index (χ1v) is 9.79. The first-order valence-electron chi connectivity index (χ1n) is 8.16. The molecule has 2 amide bonds. The van der Waals surface area contributed by atoms with E-state index in [-0.39, 0.29) is 11.8 Å². The van der Waals surface area contributed by atoms with Gasteiger partial charge in [-0.05, 0) is 43.3 Å². The Hall–Kier alpha value is -2.61. The van der Waals surface area contributed by atoms with E-state index in [1.165, 1.54) is 17.4 Å². The van der Waals surface area contributed by atoms with E-state index in [9.17, 15) is 9.59 Å². The summed E-state index contributed by atoms with van der Waals surface area (Å²) >= 11 is 13.2. The van der Waals surface area contributed by atoms with Crippen LogP contribution in [0.4, 0.5) is 10.8 Å². The van der Waals surface area contributed by atoms with Crippen molar-refractivity contribution >= 4 is 57.2 Å². The molecule has 2 aromatic carbocycles. The van der Waals surface area contributed by atoms with E-state index in [1.54, 1.807) is 54.9 Å². The smallest absolute Gasteiger partial charge is 0.265 e. The molecule has 0 spiro atoms. The van der Waals surface area contributed by atoms with E-state index in [0.717, 1.165) is 0 Å². The minimum atomic E-state index is -0.813. The normalized spacial score (nSPS) is 11.5. The Morgan fingerprint density at radius 1 is 1.14 bits per heavy atom. The van der Waals surface area contributed by atoms with Crippen molar-refractivity contribution in [1.82, 2.24) is 4.98 Å². The number of carbonyl (C=O) groups is 2. The second-order valence-electron chi connectivity index (χ2n) is 5.70. The van der Waals surface area contributed by atoms with E-state index in [4.69, 9.17) is 27.9 Å². The molecule has 0 aliphatic rings. The molecule has 1 atom stereocenters. The summed E-state index contributed by atoms with van der Waals surface area (Å²) in [6, 6.07) is 11.3. The first-order chi connectivity index (χ1) is 13.4. The fourth-order valence-corrected chi connectivity index (χ4v) is 3.23. The predicted molar refractivity (Wildman–Crippen MR) is 112 cm³/mol. The number of carbonyl (C=O) groups excluding carboxylic acids is 2. The number of nitrogens with one attached hydrogen (secondary N) is 2. The van der Waals surface area contributed by atoms with Crippen molar-refractivity contribution in [3.63, 3.8) is 0 Å². The Balaban J connectivity index is 1.64. The fourth-order valence-electron chi connectivity index (χ4n) is 2.25.